The molecule has 0 unspecified atom stereocenters. The second-order valence-electron chi connectivity index (χ2n) is 3.77. The number of hydrogen-bond acceptors (Lipinski definition) is 4. The summed E-state index contributed by atoms with van der Waals surface area (Å²) >= 11 is 7.65. The summed E-state index contributed by atoms with van der Waals surface area (Å²) in [6, 6.07) is 8.25. The first-order valence-electron chi connectivity index (χ1n) is 5.71. The molecule has 1 aliphatic heterocycles. The van der Waals surface area contributed by atoms with Gasteiger partial charge in [0.2, 0.25) is 0 Å². The summed E-state index contributed by atoms with van der Waals surface area (Å²) in [4.78, 5) is 2.38. The van der Waals surface area contributed by atoms with Crippen molar-refractivity contribution in [2.24, 2.45) is 5.73 Å². The van der Waals surface area contributed by atoms with Crippen LogP contribution in [-0.4, -0.2) is 37.6 Å². The van der Waals surface area contributed by atoms with E-state index in [9.17, 15) is 0 Å². The maximum Gasteiger partial charge on any atom is 1.00 e. The molecule has 1 aromatic carbocycles. The Bertz CT molecular complexity index is 371. The van der Waals surface area contributed by atoms with E-state index in [0.717, 1.165) is 31.9 Å². The predicted molar refractivity (Wildman–Crippen MR) is 85.0 cm³/mol. The number of thiocarbonyl (C=S) groups is 1. The number of thiol groups is 1. The zero-order valence-electron chi connectivity index (χ0n) is 12.4. The fourth-order valence-corrected chi connectivity index (χ4v) is 1.72. The Morgan fingerprint density at radius 1 is 1.37 bits per heavy atom. The van der Waals surface area contributed by atoms with Crippen LogP contribution in [0.4, 0.5) is 5.69 Å². The average molecular weight is 309 g/mol. The smallest absolute Gasteiger partial charge is 1.00 e. The van der Waals surface area contributed by atoms with Gasteiger partial charge in [0, 0.05) is 31.9 Å². The van der Waals surface area contributed by atoms with Gasteiger partial charge in [0.15, 0.2) is 0 Å². The number of benzene rings is 1. The van der Waals surface area contributed by atoms with Gasteiger partial charge in [0.25, 0.3) is 0 Å². The van der Waals surface area contributed by atoms with Gasteiger partial charge in [0.1, 0.15) is 10.1 Å². The monoisotopic (exact) mass is 309 g/mol. The van der Waals surface area contributed by atoms with Crippen molar-refractivity contribution < 1.29 is 35.7 Å². The van der Waals surface area contributed by atoms with Gasteiger partial charge in [-0.25, -0.2) is 0 Å². The Hall–Kier alpha value is 0.0200. The molecule has 1 fully saturated rings. The third-order valence-electron chi connectivity index (χ3n) is 2.55. The molecule has 1 heterocycles. The molecule has 1 aliphatic rings. The Balaban J connectivity index is 0. The van der Waals surface area contributed by atoms with Gasteiger partial charge < -0.3 is 22.1 Å². The third-order valence-corrected chi connectivity index (χ3v) is 2.55. The van der Waals surface area contributed by atoms with Crippen LogP contribution in [0, 0.1) is 0 Å². The van der Waals surface area contributed by atoms with Crippen molar-refractivity contribution >= 4 is 34.9 Å². The summed E-state index contributed by atoms with van der Waals surface area (Å²) in [6.45, 7) is 4.33. The first-order valence-corrected chi connectivity index (χ1v) is 6.57. The van der Waals surface area contributed by atoms with E-state index in [2.05, 4.69) is 47.2 Å². The third kappa shape index (κ3) is 8.02. The number of anilines is 1. The Labute approximate surface area is 149 Å². The van der Waals surface area contributed by atoms with Crippen LogP contribution in [0.25, 0.3) is 0 Å². The molecule has 102 valence electrons. The predicted octanol–water partition coefficient (Wildman–Crippen LogP) is -1.62. The molecule has 7 heteroatoms. The molecule has 0 amide bonds. The molecule has 0 radical (unpaired) electrons. The van der Waals surface area contributed by atoms with E-state index in [1.165, 1.54) is 5.69 Å². The Morgan fingerprint density at radius 2 is 1.84 bits per heavy atom. The van der Waals surface area contributed by atoms with E-state index in [-0.39, 0.29) is 35.3 Å². The summed E-state index contributed by atoms with van der Waals surface area (Å²) in [5.41, 5.74) is 5.99. The molecule has 0 aromatic heterocycles. The van der Waals surface area contributed by atoms with Crippen LogP contribution in [0.1, 0.15) is 1.43 Å². The zero-order valence-corrected chi connectivity index (χ0v) is 15.1. The number of nitrogens with one attached hydrogen (secondary N) is 1. The molecule has 19 heavy (non-hydrogen) atoms. The van der Waals surface area contributed by atoms with Gasteiger partial charge in [-0.05, 0) is 24.3 Å². The van der Waals surface area contributed by atoms with Gasteiger partial charge in [-0.15, -0.1) is 12.6 Å². The fourth-order valence-electron chi connectivity index (χ4n) is 1.72. The summed E-state index contributed by atoms with van der Waals surface area (Å²) in [7, 11) is 1.69. The molecule has 0 saturated carbocycles. The van der Waals surface area contributed by atoms with E-state index in [4.69, 9.17) is 10.5 Å². The average Bonchev–Trinajstić information content (AvgIpc) is 2.39. The normalized spacial score (nSPS) is 13.7. The van der Waals surface area contributed by atoms with E-state index in [0.29, 0.717) is 0 Å². The van der Waals surface area contributed by atoms with Crippen molar-refractivity contribution in [1.82, 2.24) is 5.32 Å². The molecule has 1 aromatic rings. The zero-order chi connectivity index (χ0) is 13.4. The van der Waals surface area contributed by atoms with Crippen molar-refractivity contribution in [2.75, 3.05) is 38.2 Å². The van der Waals surface area contributed by atoms with Crippen LogP contribution in [0.15, 0.2) is 24.3 Å². The van der Waals surface area contributed by atoms with Gasteiger partial charge in [0.05, 0.1) is 7.11 Å². The number of rotatable bonds is 2. The van der Waals surface area contributed by atoms with E-state index in [1.807, 2.05) is 12.1 Å². The fraction of sp³-hybridized carbons (Fsp3) is 0.417. The number of nitrogens with zero attached hydrogens (tertiary/aromatic N) is 1. The second-order valence-corrected chi connectivity index (χ2v) is 5.00. The number of ether oxygens (including phenoxy) is 1. The minimum Gasteiger partial charge on any atom is -1.00 e. The number of methoxy groups -OCH3 is 1. The van der Waals surface area contributed by atoms with E-state index < -0.39 is 0 Å². The molecule has 2 rings (SSSR count). The molecular weight excluding hydrogens is 289 g/mol. The summed E-state index contributed by atoms with van der Waals surface area (Å²) < 4.78 is 5.32. The standard InChI is InChI=1S/C11H16N2O.CH3NS2.Na.H/c1-14-11-4-2-10(3-5-11)13-8-6-12-7-9-13;2-1(3)4;;/h2-5,12H,6-9H2,1H3;(H3,2,3,4);;/q;;+1;-1. The largest absolute Gasteiger partial charge is 1.00 e. The Kier molecular flexibility index (Phi) is 10.8. The first-order chi connectivity index (χ1) is 8.63. The molecule has 1 saturated heterocycles. The topological polar surface area (TPSA) is 50.5 Å². The van der Waals surface area contributed by atoms with Crippen LogP contribution >= 0.6 is 24.8 Å². The second kappa shape index (κ2) is 10.8. The molecular formula is C12H20N3NaOS2. The van der Waals surface area contributed by atoms with Gasteiger partial charge >= 0.3 is 29.6 Å². The minimum absolute atomic E-state index is 0. The molecule has 0 bridgehead atoms. The summed E-state index contributed by atoms with van der Waals surface area (Å²) in [6.07, 6.45) is 0. The van der Waals surface area contributed by atoms with Crippen molar-refractivity contribution in [3.05, 3.63) is 24.3 Å². The van der Waals surface area contributed by atoms with Crippen LogP contribution in [-0.2, 0) is 0 Å². The van der Waals surface area contributed by atoms with Gasteiger partial charge in [-0.3, -0.25) is 0 Å². The van der Waals surface area contributed by atoms with Crippen molar-refractivity contribution in [3.63, 3.8) is 0 Å². The molecule has 0 atom stereocenters. The SMILES string of the molecule is COc1ccc(N2CCNCC2)cc1.NC(=S)S.[H-].[Na+]. The van der Waals surface area contributed by atoms with E-state index in [1.54, 1.807) is 7.11 Å². The van der Waals surface area contributed by atoms with Gasteiger partial charge in [-0.2, -0.15) is 0 Å². The Morgan fingerprint density at radius 3 is 2.26 bits per heavy atom. The van der Waals surface area contributed by atoms with Crippen molar-refractivity contribution in [2.45, 2.75) is 0 Å². The van der Waals surface area contributed by atoms with Crippen molar-refractivity contribution in [1.29, 1.82) is 0 Å². The van der Waals surface area contributed by atoms with Crippen LogP contribution in [0.5, 0.6) is 5.75 Å². The van der Waals surface area contributed by atoms with Gasteiger partial charge in [-0.1, -0.05) is 12.2 Å². The summed E-state index contributed by atoms with van der Waals surface area (Å²) in [5.74, 6) is 0.920. The van der Waals surface area contributed by atoms with Crippen LogP contribution in [0.3, 0.4) is 0 Å². The maximum absolute atomic E-state index is 5.13. The molecule has 0 spiro atoms. The number of hydrogen-bond donors (Lipinski definition) is 3. The molecule has 4 nitrogen and oxygen atoms in total. The number of nitrogens with two attached hydrogens (primary N) is 1. The first kappa shape index (κ1) is 19.0. The maximum atomic E-state index is 5.13. The van der Waals surface area contributed by atoms with Crippen LogP contribution in [0.2, 0.25) is 0 Å². The van der Waals surface area contributed by atoms with Crippen molar-refractivity contribution in [3.8, 4) is 5.75 Å². The van der Waals surface area contributed by atoms with Crippen LogP contribution < -0.4 is 50.2 Å². The minimum atomic E-state index is 0. The quantitative estimate of drug-likeness (QED) is 0.348. The molecule has 3 N–H and O–H groups in total. The number of piperazine rings is 1. The molecule has 0 aliphatic carbocycles. The summed E-state index contributed by atoms with van der Waals surface area (Å²) in [5, 5.41) is 3.34. The van der Waals surface area contributed by atoms with E-state index >= 15 is 0 Å².